The van der Waals surface area contributed by atoms with Gasteiger partial charge in [-0.25, -0.2) is 4.98 Å². The Morgan fingerprint density at radius 2 is 1.38 bits per heavy atom. The summed E-state index contributed by atoms with van der Waals surface area (Å²) in [4.78, 5) is 13.5. The van der Waals surface area contributed by atoms with Gasteiger partial charge in [0.1, 0.15) is 11.9 Å². The van der Waals surface area contributed by atoms with E-state index in [1.165, 1.54) is 27.1 Å². The molecule has 8 aromatic rings. The van der Waals surface area contributed by atoms with E-state index in [9.17, 15) is 0 Å². The number of rotatable bonds is 2. The summed E-state index contributed by atoms with van der Waals surface area (Å²) in [7, 11) is 0. The van der Waals surface area contributed by atoms with Gasteiger partial charge in [-0.3, -0.25) is 4.98 Å². The number of nitrogens with zero attached hydrogens (tertiary/aromatic N) is 3. The van der Waals surface area contributed by atoms with Crippen LogP contribution in [0.4, 0.5) is 0 Å². The molecule has 0 amide bonds. The molecule has 0 saturated heterocycles. The first kappa shape index (κ1) is 33.2. The minimum Gasteiger partial charge on any atom is -0.501 e. The molecule has 241 valence electrons. The predicted molar refractivity (Wildman–Crippen MR) is 195 cm³/mol. The minimum absolute atomic E-state index is 0. The predicted octanol–water partition coefficient (Wildman–Crippen LogP) is 11.3. The molecule has 48 heavy (non-hydrogen) atoms. The number of benzene rings is 5. The van der Waals surface area contributed by atoms with Crippen molar-refractivity contribution in [2.24, 2.45) is 0 Å². The number of fused-ring (bicyclic) bond motifs is 6. The van der Waals surface area contributed by atoms with Gasteiger partial charge in [0.05, 0.1) is 5.58 Å². The van der Waals surface area contributed by atoms with E-state index < -0.39 is 0 Å². The van der Waals surface area contributed by atoms with Crippen molar-refractivity contribution in [3.63, 3.8) is 0 Å². The van der Waals surface area contributed by atoms with Gasteiger partial charge in [-0.2, -0.15) is 0 Å². The molecule has 1 radical (unpaired) electrons. The third-order valence-corrected chi connectivity index (χ3v) is 8.60. The minimum atomic E-state index is -0.0573. The fraction of sp³-hybridized carbons (Fsp3) is 0.186. The zero-order valence-corrected chi connectivity index (χ0v) is 30.4. The topological polar surface area (TPSA) is 51.8 Å². The second-order valence-electron chi connectivity index (χ2n) is 14.1. The molecule has 0 aliphatic carbocycles. The van der Waals surface area contributed by atoms with Crippen molar-refractivity contribution in [1.82, 2.24) is 15.0 Å². The summed E-state index contributed by atoms with van der Waals surface area (Å²) in [6, 6.07) is 41.9. The van der Waals surface area contributed by atoms with Crippen LogP contribution >= 0.6 is 0 Å². The number of aromatic nitrogens is 3. The SMILES string of the molecule is CC(C)(C)c1cc(-c2[c-]ccc3c2oc2cc4c(ccc5ccccc54)cc23)ncn1.CC(C)(C)c1ccc(-c2[c-]cccc2)nc1.[Ir]. The van der Waals surface area contributed by atoms with Gasteiger partial charge in [0.2, 0.25) is 0 Å². The first-order valence-corrected chi connectivity index (χ1v) is 16.0. The van der Waals surface area contributed by atoms with Crippen LogP contribution in [0, 0.1) is 12.1 Å². The Labute approximate surface area is 295 Å². The van der Waals surface area contributed by atoms with Gasteiger partial charge in [-0.05, 0) is 56.0 Å². The van der Waals surface area contributed by atoms with Crippen molar-refractivity contribution in [2.75, 3.05) is 0 Å². The molecule has 0 aliphatic rings. The van der Waals surface area contributed by atoms with Crippen LogP contribution in [0.5, 0.6) is 0 Å². The summed E-state index contributed by atoms with van der Waals surface area (Å²) in [5, 5.41) is 7.07. The molecular weight excluding hydrogens is 767 g/mol. The van der Waals surface area contributed by atoms with E-state index in [-0.39, 0.29) is 30.9 Å². The van der Waals surface area contributed by atoms with Crippen LogP contribution in [-0.4, -0.2) is 15.0 Å². The Morgan fingerprint density at radius 1 is 0.583 bits per heavy atom. The van der Waals surface area contributed by atoms with Gasteiger partial charge in [-0.15, -0.1) is 54.1 Å². The Balaban J connectivity index is 0.000000201. The Hall–Kier alpha value is -4.70. The molecule has 0 atom stereocenters. The summed E-state index contributed by atoms with van der Waals surface area (Å²) < 4.78 is 6.43. The maximum Gasteiger partial charge on any atom is 0.121 e. The molecule has 5 aromatic carbocycles. The van der Waals surface area contributed by atoms with E-state index in [0.29, 0.717) is 0 Å². The molecule has 3 heterocycles. The zero-order chi connectivity index (χ0) is 32.8. The molecule has 0 unspecified atom stereocenters. The molecule has 0 aliphatic heterocycles. The summed E-state index contributed by atoms with van der Waals surface area (Å²) in [5.41, 5.74) is 7.78. The Bertz CT molecular complexity index is 2360. The van der Waals surface area contributed by atoms with E-state index in [1.54, 1.807) is 6.33 Å². The van der Waals surface area contributed by atoms with Crippen molar-refractivity contribution in [3.8, 4) is 22.5 Å². The summed E-state index contributed by atoms with van der Waals surface area (Å²) in [6.45, 7) is 13.0. The number of hydrogen-bond acceptors (Lipinski definition) is 4. The van der Waals surface area contributed by atoms with Crippen LogP contribution in [0.3, 0.4) is 0 Å². The van der Waals surface area contributed by atoms with Gasteiger partial charge < -0.3 is 9.40 Å². The maximum absolute atomic E-state index is 6.43. The van der Waals surface area contributed by atoms with Crippen molar-refractivity contribution in [1.29, 1.82) is 0 Å². The molecule has 0 saturated carbocycles. The Kier molecular flexibility index (Phi) is 9.04. The first-order chi connectivity index (χ1) is 22.6. The van der Waals surface area contributed by atoms with E-state index >= 15 is 0 Å². The van der Waals surface area contributed by atoms with Gasteiger partial charge in [-0.1, -0.05) is 107 Å². The molecule has 4 nitrogen and oxygen atoms in total. The van der Waals surface area contributed by atoms with Gasteiger partial charge >= 0.3 is 0 Å². The van der Waals surface area contributed by atoms with Crippen LogP contribution in [-0.2, 0) is 30.9 Å². The van der Waals surface area contributed by atoms with Crippen LogP contribution in [0.1, 0.15) is 52.8 Å². The van der Waals surface area contributed by atoms with E-state index in [1.807, 2.05) is 42.6 Å². The monoisotopic (exact) mass is 804 g/mol. The van der Waals surface area contributed by atoms with Crippen molar-refractivity contribution in [3.05, 3.63) is 139 Å². The van der Waals surface area contributed by atoms with Crippen LogP contribution in [0.25, 0.3) is 66.0 Å². The van der Waals surface area contributed by atoms with E-state index in [0.717, 1.165) is 50.1 Å². The summed E-state index contributed by atoms with van der Waals surface area (Å²) in [6.07, 6.45) is 3.59. The van der Waals surface area contributed by atoms with Crippen molar-refractivity contribution >= 4 is 43.5 Å². The molecule has 0 N–H and O–H groups in total. The molecule has 5 heteroatoms. The van der Waals surface area contributed by atoms with E-state index in [2.05, 4.69) is 135 Å². The maximum atomic E-state index is 6.43. The van der Waals surface area contributed by atoms with Gasteiger partial charge in [0.25, 0.3) is 0 Å². The molecule has 0 spiro atoms. The normalized spacial score (nSPS) is 11.8. The van der Waals surface area contributed by atoms with Gasteiger partial charge in [0.15, 0.2) is 0 Å². The third-order valence-electron chi connectivity index (χ3n) is 8.60. The molecule has 0 fully saturated rings. The number of furan rings is 1. The molecular formula is C43H37IrN3O-2. The van der Waals surface area contributed by atoms with Crippen LogP contribution in [0.2, 0.25) is 0 Å². The fourth-order valence-corrected chi connectivity index (χ4v) is 5.89. The molecule has 8 rings (SSSR count). The van der Waals surface area contributed by atoms with Crippen molar-refractivity contribution < 1.29 is 24.5 Å². The quantitative estimate of drug-likeness (QED) is 0.129. The van der Waals surface area contributed by atoms with E-state index in [4.69, 9.17) is 4.42 Å². The van der Waals surface area contributed by atoms with Crippen molar-refractivity contribution in [2.45, 2.75) is 52.4 Å². The second-order valence-corrected chi connectivity index (χ2v) is 14.1. The Morgan fingerprint density at radius 3 is 2.10 bits per heavy atom. The standard InChI is InChI=1S/C28H21N2O.C15H16N.Ir/c1-28(2,3)26-15-24(29-16-30-26)21-10-6-9-20-23-13-18-12-11-17-7-4-5-8-19(17)22(18)14-25(23)31-27(20)21;1-15(2,3)13-9-10-14(16-11-13)12-7-5-4-6-8-12;/h4-9,11-16H,1-3H3;4-7,9-11H,1-3H3;/q2*-1;. The smallest absolute Gasteiger partial charge is 0.121 e. The number of hydrogen-bond donors (Lipinski definition) is 0. The first-order valence-electron chi connectivity index (χ1n) is 16.0. The zero-order valence-electron chi connectivity index (χ0n) is 28.1. The van der Waals surface area contributed by atoms with Crippen LogP contribution < -0.4 is 0 Å². The fourth-order valence-electron chi connectivity index (χ4n) is 5.89. The average Bonchev–Trinajstić information content (AvgIpc) is 3.45. The average molecular weight is 804 g/mol. The molecule has 0 bridgehead atoms. The number of pyridine rings is 1. The third kappa shape index (κ3) is 6.54. The second kappa shape index (κ2) is 13.1. The largest absolute Gasteiger partial charge is 0.501 e. The summed E-state index contributed by atoms with van der Waals surface area (Å²) >= 11 is 0. The van der Waals surface area contributed by atoms with Gasteiger partial charge in [0, 0.05) is 42.8 Å². The summed E-state index contributed by atoms with van der Waals surface area (Å²) in [5.74, 6) is 0. The van der Waals surface area contributed by atoms with Crippen LogP contribution in [0.15, 0.2) is 120 Å². The molecule has 3 aromatic heterocycles.